The molecule has 1 amide bonds. The molecule has 2 N–H and O–H groups in total. The van der Waals surface area contributed by atoms with Gasteiger partial charge in [-0.1, -0.05) is 12.1 Å². The van der Waals surface area contributed by atoms with Crippen LogP contribution in [0, 0.1) is 5.82 Å². The van der Waals surface area contributed by atoms with Gasteiger partial charge in [-0.15, -0.1) is 0 Å². The Bertz CT molecular complexity index is 618. The van der Waals surface area contributed by atoms with Gasteiger partial charge in [0.05, 0.1) is 0 Å². The minimum atomic E-state index is -3.75. The molecule has 8 heteroatoms. The smallest absolute Gasteiger partial charge is 0.280 e. The molecule has 2 rings (SSSR count). The Labute approximate surface area is 123 Å². The second-order valence-electron chi connectivity index (χ2n) is 4.89. The lowest BCUT2D eigenvalue weighted by Crippen LogP contribution is -2.57. The molecule has 6 nitrogen and oxygen atoms in total. The zero-order valence-corrected chi connectivity index (χ0v) is 12.7. The average Bonchev–Trinajstić information content (AvgIpc) is 2.42. The number of rotatable bonds is 3. The largest absolute Gasteiger partial charge is 0.355 e. The second-order valence-corrected chi connectivity index (χ2v) is 6.65. The van der Waals surface area contributed by atoms with Crippen LogP contribution in [0.4, 0.5) is 4.39 Å². The Morgan fingerprint density at radius 2 is 2.05 bits per heavy atom. The number of amides is 1. The maximum absolute atomic E-state index is 13.0. The molecule has 2 atom stereocenters. The first-order chi connectivity index (χ1) is 9.85. The van der Waals surface area contributed by atoms with Gasteiger partial charge in [0.1, 0.15) is 11.9 Å². The molecule has 0 radical (unpaired) electrons. The second kappa shape index (κ2) is 6.08. The summed E-state index contributed by atoms with van der Waals surface area (Å²) >= 11 is 0. The van der Waals surface area contributed by atoms with Gasteiger partial charge in [0.15, 0.2) is 0 Å². The van der Waals surface area contributed by atoms with E-state index in [2.05, 4.69) is 10.0 Å². The van der Waals surface area contributed by atoms with Gasteiger partial charge in [-0.3, -0.25) is 4.79 Å². The van der Waals surface area contributed by atoms with Crippen LogP contribution < -0.4 is 10.0 Å². The van der Waals surface area contributed by atoms with Gasteiger partial charge < -0.3 is 5.32 Å². The van der Waals surface area contributed by atoms with Crippen molar-refractivity contribution in [3.8, 4) is 0 Å². The maximum Gasteiger partial charge on any atom is 0.280 e. The molecule has 1 aliphatic rings. The molecule has 1 aliphatic heterocycles. The van der Waals surface area contributed by atoms with Crippen LogP contribution in [-0.2, 0) is 15.0 Å². The molecule has 0 unspecified atom stereocenters. The third-order valence-corrected chi connectivity index (χ3v) is 5.09. The van der Waals surface area contributed by atoms with E-state index in [1.807, 2.05) is 0 Å². The fourth-order valence-electron chi connectivity index (χ4n) is 2.31. The third-order valence-electron chi connectivity index (χ3n) is 3.49. The summed E-state index contributed by atoms with van der Waals surface area (Å²) in [5.41, 5.74) is 0.627. The van der Waals surface area contributed by atoms with Crippen molar-refractivity contribution in [2.45, 2.75) is 25.4 Å². The first-order valence-electron chi connectivity index (χ1n) is 6.63. The first-order valence-corrected chi connectivity index (χ1v) is 8.07. The molecular weight excluding hydrogens is 297 g/mol. The fourth-order valence-corrected chi connectivity index (χ4v) is 3.59. The molecule has 1 fully saturated rings. The number of likely N-dealkylation sites (N-methyl/N-ethyl adjacent to an activating group) is 2. The van der Waals surface area contributed by atoms with Crippen molar-refractivity contribution in [2.75, 3.05) is 13.6 Å². The number of hydrogen-bond acceptors (Lipinski definition) is 3. The molecule has 1 saturated heterocycles. The maximum atomic E-state index is 13.0. The standard InChI is InChI=1S/C13H18FN3O3S/c1-3-15-13(18)12-8-11(16-21(19,20)17(12)2)9-4-6-10(14)7-5-9/h4-7,11-12,16H,3,8H2,1-2H3,(H,15,18)/t11-,12+/m1/s1. The topological polar surface area (TPSA) is 78.5 Å². The van der Waals surface area contributed by atoms with Crippen LogP contribution in [0.5, 0.6) is 0 Å². The molecule has 0 bridgehead atoms. The van der Waals surface area contributed by atoms with E-state index < -0.39 is 28.1 Å². The summed E-state index contributed by atoms with van der Waals surface area (Å²) < 4.78 is 40.7. The van der Waals surface area contributed by atoms with Gasteiger partial charge >= 0.3 is 0 Å². The Kier molecular flexibility index (Phi) is 4.60. The Balaban J connectivity index is 2.29. The molecule has 1 aromatic rings. The predicted octanol–water partition coefficient (Wildman–Crippen LogP) is 0.541. The number of nitrogens with one attached hydrogen (secondary N) is 2. The molecule has 116 valence electrons. The third kappa shape index (κ3) is 3.39. The van der Waals surface area contributed by atoms with Crippen molar-refractivity contribution >= 4 is 16.1 Å². The number of benzene rings is 1. The highest BCUT2D eigenvalue weighted by Crippen LogP contribution is 2.27. The lowest BCUT2D eigenvalue weighted by Gasteiger charge is -2.36. The van der Waals surface area contributed by atoms with Crippen LogP contribution in [0.15, 0.2) is 24.3 Å². The summed E-state index contributed by atoms with van der Waals surface area (Å²) in [5.74, 6) is -0.730. The van der Waals surface area contributed by atoms with Crippen molar-refractivity contribution < 1.29 is 17.6 Å². The van der Waals surface area contributed by atoms with Crippen LogP contribution >= 0.6 is 0 Å². The normalized spacial score (nSPS) is 25.5. The summed E-state index contributed by atoms with van der Waals surface area (Å²) in [6.45, 7) is 2.20. The van der Waals surface area contributed by atoms with Crippen molar-refractivity contribution in [1.82, 2.24) is 14.3 Å². The summed E-state index contributed by atoms with van der Waals surface area (Å²) in [5, 5.41) is 2.63. The Morgan fingerprint density at radius 3 is 2.62 bits per heavy atom. The van der Waals surface area contributed by atoms with Crippen molar-refractivity contribution in [3.63, 3.8) is 0 Å². The molecule has 0 saturated carbocycles. The van der Waals surface area contributed by atoms with E-state index in [0.29, 0.717) is 12.1 Å². The van der Waals surface area contributed by atoms with E-state index in [4.69, 9.17) is 0 Å². The van der Waals surface area contributed by atoms with Gasteiger partial charge in [-0.25, -0.2) is 4.39 Å². The monoisotopic (exact) mass is 315 g/mol. The molecule has 0 spiro atoms. The fraction of sp³-hybridized carbons (Fsp3) is 0.462. The van der Waals surface area contributed by atoms with Crippen LogP contribution in [0.2, 0.25) is 0 Å². The minimum Gasteiger partial charge on any atom is -0.355 e. The van der Waals surface area contributed by atoms with Gasteiger partial charge in [0.25, 0.3) is 10.2 Å². The SMILES string of the molecule is CCNC(=O)[C@@H]1C[C@H](c2ccc(F)cc2)NS(=O)(=O)N1C. The quantitative estimate of drug-likeness (QED) is 0.854. The Hall–Kier alpha value is -1.51. The number of nitrogens with zero attached hydrogens (tertiary/aromatic N) is 1. The van der Waals surface area contributed by atoms with Gasteiger partial charge in [-0.2, -0.15) is 17.4 Å². The van der Waals surface area contributed by atoms with Crippen molar-refractivity contribution in [1.29, 1.82) is 0 Å². The molecule has 1 heterocycles. The summed E-state index contributed by atoms with van der Waals surface area (Å²) in [7, 11) is -2.39. The van der Waals surface area contributed by atoms with E-state index in [0.717, 1.165) is 4.31 Å². The van der Waals surface area contributed by atoms with Crippen LogP contribution in [0.1, 0.15) is 24.9 Å². The lowest BCUT2D eigenvalue weighted by atomic mass is 9.99. The average molecular weight is 315 g/mol. The van der Waals surface area contributed by atoms with E-state index in [1.54, 1.807) is 6.92 Å². The minimum absolute atomic E-state index is 0.285. The summed E-state index contributed by atoms with van der Waals surface area (Å²) in [4.78, 5) is 12.0. The van der Waals surface area contributed by atoms with E-state index in [9.17, 15) is 17.6 Å². The number of hydrogen-bond donors (Lipinski definition) is 2. The molecular formula is C13H18FN3O3S. The number of halogens is 1. The zero-order valence-electron chi connectivity index (χ0n) is 11.8. The number of carbonyl (C=O) groups is 1. The highest BCUT2D eigenvalue weighted by atomic mass is 32.2. The summed E-state index contributed by atoms with van der Waals surface area (Å²) in [6.07, 6.45) is 0.285. The van der Waals surface area contributed by atoms with Crippen LogP contribution in [0.25, 0.3) is 0 Å². The van der Waals surface area contributed by atoms with Crippen molar-refractivity contribution in [3.05, 3.63) is 35.6 Å². The van der Waals surface area contributed by atoms with Gasteiger partial charge in [0, 0.05) is 19.6 Å². The lowest BCUT2D eigenvalue weighted by molar-refractivity contribution is -0.125. The predicted molar refractivity (Wildman–Crippen MR) is 76.0 cm³/mol. The van der Waals surface area contributed by atoms with Gasteiger partial charge in [-0.05, 0) is 31.0 Å². The molecule has 0 aliphatic carbocycles. The van der Waals surface area contributed by atoms with E-state index in [-0.39, 0.29) is 12.3 Å². The Morgan fingerprint density at radius 1 is 1.43 bits per heavy atom. The first kappa shape index (κ1) is 15.9. The van der Waals surface area contributed by atoms with Crippen molar-refractivity contribution in [2.24, 2.45) is 0 Å². The van der Waals surface area contributed by atoms with Gasteiger partial charge in [0.2, 0.25) is 5.91 Å². The molecule has 0 aromatic heterocycles. The number of carbonyl (C=O) groups excluding carboxylic acids is 1. The highest BCUT2D eigenvalue weighted by Gasteiger charge is 2.40. The zero-order chi connectivity index (χ0) is 15.6. The van der Waals surface area contributed by atoms with Crippen LogP contribution in [-0.4, -0.2) is 38.3 Å². The van der Waals surface area contributed by atoms with E-state index in [1.165, 1.54) is 31.3 Å². The van der Waals surface area contributed by atoms with Crippen LogP contribution in [0.3, 0.4) is 0 Å². The molecule has 1 aromatic carbocycles. The highest BCUT2D eigenvalue weighted by molar-refractivity contribution is 7.87. The summed E-state index contributed by atoms with van der Waals surface area (Å²) in [6, 6.07) is 4.22. The molecule has 21 heavy (non-hydrogen) atoms. The van der Waals surface area contributed by atoms with E-state index >= 15 is 0 Å².